The number of hydrogen-bond acceptors (Lipinski definition) is 11. The average Bonchev–Trinajstić information content (AvgIpc) is 2.96. The van der Waals surface area contributed by atoms with E-state index in [0.29, 0.717) is 24.8 Å². The first-order valence-corrected chi connectivity index (χ1v) is 14.8. The van der Waals surface area contributed by atoms with E-state index in [-0.39, 0.29) is 37.9 Å². The predicted octanol–water partition coefficient (Wildman–Crippen LogP) is 6.57. The normalized spacial score (nSPS) is 12.9. The molecule has 0 bridgehead atoms. The molecule has 42 heavy (non-hydrogen) atoms. The first-order valence-electron chi connectivity index (χ1n) is 14.8. The van der Waals surface area contributed by atoms with E-state index in [1.807, 2.05) is 20.8 Å². The van der Waals surface area contributed by atoms with Gasteiger partial charge in [0, 0.05) is 5.92 Å². The molecule has 0 spiro atoms. The van der Waals surface area contributed by atoms with Crippen molar-refractivity contribution in [1.82, 2.24) is 0 Å². The molecule has 0 aromatic heterocycles. The van der Waals surface area contributed by atoms with Gasteiger partial charge in [0.05, 0.1) is 26.4 Å². The van der Waals surface area contributed by atoms with E-state index in [1.54, 1.807) is 6.92 Å². The van der Waals surface area contributed by atoms with Crippen molar-refractivity contribution in [2.24, 2.45) is 11.7 Å². The summed E-state index contributed by atoms with van der Waals surface area (Å²) < 4.78 is 31.1. The summed E-state index contributed by atoms with van der Waals surface area (Å²) >= 11 is 0. The van der Waals surface area contributed by atoms with Crippen LogP contribution in [0.4, 0.5) is 14.4 Å². The second-order valence-corrected chi connectivity index (χ2v) is 10.0. The molecule has 12 heteroatoms. The van der Waals surface area contributed by atoms with Crippen molar-refractivity contribution in [3.05, 3.63) is 23.8 Å². The highest BCUT2D eigenvalue weighted by atomic mass is 16.7. The van der Waals surface area contributed by atoms with Gasteiger partial charge in [0.15, 0.2) is 11.5 Å². The molecule has 0 amide bonds. The Morgan fingerprint density at radius 1 is 0.714 bits per heavy atom. The Kier molecular flexibility index (Phi) is 18.4. The highest BCUT2D eigenvalue weighted by Crippen LogP contribution is 2.36. The van der Waals surface area contributed by atoms with Crippen LogP contribution in [-0.2, 0) is 23.7 Å². The van der Waals surface area contributed by atoms with Gasteiger partial charge in [-0.3, -0.25) is 4.79 Å². The van der Waals surface area contributed by atoms with Crippen LogP contribution < -0.4 is 15.2 Å². The molecule has 0 fully saturated rings. The number of carbonyl (C=O) groups excluding carboxylic acids is 3. The maximum absolute atomic E-state index is 12.4. The first kappa shape index (κ1) is 36.5. The molecule has 238 valence electrons. The van der Waals surface area contributed by atoms with Crippen molar-refractivity contribution in [1.29, 1.82) is 0 Å². The Bertz CT molecular complexity index is 969. The van der Waals surface area contributed by atoms with Gasteiger partial charge >= 0.3 is 24.4 Å². The van der Waals surface area contributed by atoms with Crippen LogP contribution in [0.5, 0.6) is 11.5 Å². The van der Waals surface area contributed by atoms with Gasteiger partial charge in [-0.25, -0.2) is 14.4 Å². The molecule has 1 aromatic carbocycles. The molecular formula is C30H47NO11. The number of rotatable bonds is 20. The SMILES string of the molecule is CCCCCOC(=O)OCC(C)C(c1ccc(OC(=O)OCCCCC)c(OC(=O)OCCCCC)c1)[C@H](N)C(=O)O. The molecule has 0 saturated carbocycles. The van der Waals surface area contributed by atoms with E-state index in [0.717, 1.165) is 38.5 Å². The van der Waals surface area contributed by atoms with Gasteiger partial charge in [0.25, 0.3) is 0 Å². The summed E-state index contributed by atoms with van der Waals surface area (Å²) in [6.07, 6.45) is 4.64. The van der Waals surface area contributed by atoms with E-state index in [2.05, 4.69) is 0 Å². The molecule has 3 atom stereocenters. The van der Waals surface area contributed by atoms with Gasteiger partial charge in [-0.15, -0.1) is 0 Å². The van der Waals surface area contributed by atoms with Crippen LogP contribution in [-0.4, -0.2) is 62.0 Å². The number of carboxylic acids is 1. The van der Waals surface area contributed by atoms with Crippen molar-refractivity contribution in [3.63, 3.8) is 0 Å². The molecule has 0 aliphatic rings. The molecule has 0 heterocycles. The summed E-state index contributed by atoms with van der Waals surface area (Å²) in [5.41, 5.74) is 6.39. The third-order valence-corrected chi connectivity index (χ3v) is 6.39. The molecule has 1 rings (SSSR count). The van der Waals surface area contributed by atoms with Gasteiger partial charge in [-0.2, -0.15) is 0 Å². The van der Waals surface area contributed by atoms with Crippen LogP contribution in [0.3, 0.4) is 0 Å². The maximum Gasteiger partial charge on any atom is 0.513 e. The second-order valence-electron chi connectivity index (χ2n) is 10.0. The number of nitrogens with two attached hydrogens (primary N) is 1. The van der Waals surface area contributed by atoms with Crippen LogP contribution in [0.25, 0.3) is 0 Å². The van der Waals surface area contributed by atoms with Crippen molar-refractivity contribution in [2.45, 2.75) is 97.4 Å². The maximum atomic E-state index is 12.4. The lowest BCUT2D eigenvalue weighted by Gasteiger charge is -2.27. The second kappa shape index (κ2) is 21.2. The molecule has 12 nitrogen and oxygen atoms in total. The molecule has 1 aromatic rings. The lowest BCUT2D eigenvalue weighted by atomic mass is 9.82. The Labute approximate surface area is 248 Å². The fraction of sp³-hybridized carbons (Fsp3) is 0.667. The molecule has 0 radical (unpaired) electrons. The summed E-state index contributed by atoms with van der Waals surface area (Å²) in [4.78, 5) is 48.6. The van der Waals surface area contributed by atoms with E-state index < -0.39 is 42.3 Å². The van der Waals surface area contributed by atoms with Crippen molar-refractivity contribution in [3.8, 4) is 11.5 Å². The number of ether oxygens (including phenoxy) is 6. The van der Waals surface area contributed by atoms with Gasteiger partial charge in [0.2, 0.25) is 0 Å². The quantitative estimate of drug-likeness (QED) is 0.0718. The predicted molar refractivity (Wildman–Crippen MR) is 154 cm³/mol. The van der Waals surface area contributed by atoms with Crippen LogP contribution in [0, 0.1) is 5.92 Å². The van der Waals surface area contributed by atoms with Crippen LogP contribution in [0.1, 0.15) is 97.0 Å². The monoisotopic (exact) mass is 597 g/mol. The lowest BCUT2D eigenvalue weighted by Crippen LogP contribution is -2.40. The minimum absolute atomic E-state index is 0.132. The van der Waals surface area contributed by atoms with Crippen LogP contribution in [0.15, 0.2) is 18.2 Å². The molecule has 0 saturated heterocycles. The Morgan fingerprint density at radius 2 is 1.19 bits per heavy atom. The van der Waals surface area contributed by atoms with E-state index >= 15 is 0 Å². The summed E-state index contributed by atoms with van der Waals surface area (Å²) in [7, 11) is 0. The van der Waals surface area contributed by atoms with Gasteiger partial charge < -0.3 is 39.3 Å². The van der Waals surface area contributed by atoms with Crippen molar-refractivity contribution < 1.29 is 52.7 Å². The fourth-order valence-electron chi connectivity index (χ4n) is 4.05. The van der Waals surface area contributed by atoms with Gasteiger partial charge in [-0.1, -0.05) is 72.3 Å². The first-order chi connectivity index (χ1) is 20.1. The zero-order valence-electron chi connectivity index (χ0n) is 25.3. The zero-order chi connectivity index (χ0) is 31.3. The third kappa shape index (κ3) is 14.4. The largest absolute Gasteiger partial charge is 0.513 e. The Hall–Kier alpha value is -3.54. The number of carboxylic acid groups (broad SMARTS) is 1. The standard InChI is InChI=1S/C30H47NO11/c1-5-8-11-16-37-28(34)40-20-21(4)25(26(31)27(32)33)22-14-15-23(41-29(35)38-17-12-9-6-2)24(19-22)42-30(36)39-18-13-10-7-3/h14-15,19,21,25-26H,5-13,16-18,20,31H2,1-4H3,(H,32,33)/t21?,25?,26-/m0/s1. The van der Waals surface area contributed by atoms with E-state index in [9.17, 15) is 24.3 Å². The number of carbonyl (C=O) groups is 4. The van der Waals surface area contributed by atoms with E-state index in [4.69, 9.17) is 34.2 Å². The molecule has 0 aliphatic heterocycles. The summed E-state index contributed by atoms with van der Waals surface area (Å²) in [6, 6.07) is 2.78. The van der Waals surface area contributed by atoms with E-state index in [1.165, 1.54) is 18.2 Å². The number of unbranched alkanes of at least 4 members (excludes halogenated alkanes) is 6. The molecule has 2 unspecified atom stereocenters. The molecule has 0 aliphatic carbocycles. The highest BCUT2D eigenvalue weighted by Gasteiger charge is 2.33. The van der Waals surface area contributed by atoms with Crippen LogP contribution in [0.2, 0.25) is 0 Å². The summed E-state index contributed by atoms with van der Waals surface area (Å²) in [6.45, 7) is 8.05. The molecule has 3 N–H and O–H groups in total. The zero-order valence-corrected chi connectivity index (χ0v) is 25.3. The van der Waals surface area contributed by atoms with Gasteiger partial charge in [0.1, 0.15) is 6.04 Å². The van der Waals surface area contributed by atoms with Crippen molar-refractivity contribution >= 4 is 24.4 Å². The number of aliphatic carboxylic acids is 1. The highest BCUT2D eigenvalue weighted by molar-refractivity contribution is 5.75. The lowest BCUT2D eigenvalue weighted by molar-refractivity contribution is -0.139. The summed E-state index contributed by atoms with van der Waals surface area (Å²) in [5, 5.41) is 9.71. The molecular weight excluding hydrogens is 550 g/mol. The average molecular weight is 598 g/mol. The van der Waals surface area contributed by atoms with Crippen LogP contribution >= 0.6 is 0 Å². The Morgan fingerprint density at radius 3 is 1.67 bits per heavy atom. The topological polar surface area (TPSA) is 170 Å². The Balaban J connectivity index is 3.16. The van der Waals surface area contributed by atoms with Crippen molar-refractivity contribution in [2.75, 3.05) is 26.4 Å². The fourth-order valence-corrected chi connectivity index (χ4v) is 4.05. The number of hydrogen-bond donors (Lipinski definition) is 2. The minimum Gasteiger partial charge on any atom is -0.480 e. The number of benzene rings is 1. The smallest absolute Gasteiger partial charge is 0.480 e. The summed E-state index contributed by atoms with van der Waals surface area (Å²) in [5.74, 6) is -3.10. The van der Waals surface area contributed by atoms with Gasteiger partial charge in [-0.05, 0) is 42.9 Å². The minimum atomic E-state index is -1.41. The third-order valence-electron chi connectivity index (χ3n) is 6.39.